The van der Waals surface area contributed by atoms with E-state index in [-0.39, 0.29) is 5.91 Å². The van der Waals surface area contributed by atoms with Gasteiger partial charge in [-0.15, -0.1) is 0 Å². The molecule has 1 aliphatic heterocycles. The molecule has 1 atom stereocenters. The molecule has 0 saturated carbocycles. The Morgan fingerprint density at radius 2 is 2.40 bits per heavy atom. The molecule has 15 heavy (non-hydrogen) atoms. The van der Waals surface area contributed by atoms with Gasteiger partial charge in [-0.3, -0.25) is 9.69 Å². The number of carbonyl (C=O) groups is 1. The Hall–Kier alpha value is -0.610. The van der Waals surface area contributed by atoms with Crippen LogP contribution >= 0.6 is 0 Å². The number of amides is 1. The standard InChI is InChI=1S/C11H23N3O/c1-2-5-13-11(15)9-14-6-3-4-10(7-12)8-14/h10H,2-9,12H2,1H3,(H,13,15). The fourth-order valence-electron chi connectivity index (χ4n) is 2.01. The number of nitrogens with zero attached hydrogens (tertiary/aromatic N) is 1. The SMILES string of the molecule is CCCNC(=O)CN1CCCC(CN)C1. The highest BCUT2D eigenvalue weighted by molar-refractivity contribution is 5.77. The monoisotopic (exact) mass is 213 g/mol. The highest BCUT2D eigenvalue weighted by atomic mass is 16.2. The predicted molar refractivity (Wildman–Crippen MR) is 61.5 cm³/mol. The first-order chi connectivity index (χ1) is 7.26. The lowest BCUT2D eigenvalue weighted by molar-refractivity contribution is -0.122. The molecule has 4 nitrogen and oxygen atoms in total. The second kappa shape index (κ2) is 6.80. The van der Waals surface area contributed by atoms with E-state index in [1.54, 1.807) is 0 Å². The average molecular weight is 213 g/mol. The van der Waals surface area contributed by atoms with Gasteiger partial charge in [-0.05, 0) is 38.3 Å². The van der Waals surface area contributed by atoms with Crippen LogP contribution in [0.25, 0.3) is 0 Å². The fourth-order valence-corrected chi connectivity index (χ4v) is 2.01. The minimum atomic E-state index is 0.148. The summed E-state index contributed by atoms with van der Waals surface area (Å²) in [7, 11) is 0. The van der Waals surface area contributed by atoms with Crippen molar-refractivity contribution in [2.24, 2.45) is 11.7 Å². The van der Waals surface area contributed by atoms with Gasteiger partial charge < -0.3 is 11.1 Å². The first kappa shape index (κ1) is 12.5. The van der Waals surface area contributed by atoms with Crippen molar-refractivity contribution in [3.8, 4) is 0 Å². The molecule has 0 aromatic carbocycles. The summed E-state index contributed by atoms with van der Waals surface area (Å²) in [5.74, 6) is 0.729. The molecule has 0 aromatic heterocycles. The van der Waals surface area contributed by atoms with Crippen molar-refractivity contribution in [1.82, 2.24) is 10.2 Å². The summed E-state index contributed by atoms with van der Waals surface area (Å²) >= 11 is 0. The van der Waals surface area contributed by atoms with E-state index >= 15 is 0 Å². The van der Waals surface area contributed by atoms with Gasteiger partial charge in [0.05, 0.1) is 6.54 Å². The maximum Gasteiger partial charge on any atom is 0.234 e. The largest absolute Gasteiger partial charge is 0.355 e. The van der Waals surface area contributed by atoms with E-state index in [1.165, 1.54) is 12.8 Å². The molecule has 1 amide bonds. The van der Waals surface area contributed by atoms with Gasteiger partial charge in [0, 0.05) is 13.1 Å². The quantitative estimate of drug-likeness (QED) is 0.685. The fraction of sp³-hybridized carbons (Fsp3) is 0.909. The van der Waals surface area contributed by atoms with E-state index in [4.69, 9.17) is 5.73 Å². The van der Waals surface area contributed by atoms with Gasteiger partial charge in [-0.1, -0.05) is 6.92 Å². The van der Waals surface area contributed by atoms with Crippen LogP contribution in [-0.4, -0.2) is 43.5 Å². The Morgan fingerprint density at radius 1 is 1.60 bits per heavy atom. The van der Waals surface area contributed by atoms with Crippen LogP contribution in [0, 0.1) is 5.92 Å². The van der Waals surface area contributed by atoms with E-state index in [9.17, 15) is 4.79 Å². The van der Waals surface area contributed by atoms with Crippen LogP contribution in [0.1, 0.15) is 26.2 Å². The molecule has 0 aliphatic carbocycles. The van der Waals surface area contributed by atoms with Crippen molar-refractivity contribution in [1.29, 1.82) is 0 Å². The van der Waals surface area contributed by atoms with Gasteiger partial charge in [0.2, 0.25) is 5.91 Å². The molecule has 1 unspecified atom stereocenters. The van der Waals surface area contributed by atoms with E-state index in [2.05, 4.69) is 17.1 Å². The molecule has 88 valence electrons. The van der Waals surface area contributed by atoms with Crippen LogP contribution in [-0.2, 0) is 4.79 Å². The number of carbonyl (C=O) groups excluding carboxylic acids is 1. The first-order valence-corrected chi connectivity index (χ1v) is 5.95. The highest BCUT2D eigenvalue weighted by Crippen LogP contribution is 2.14. The molecular weight excluding hydrogens is 190 g/mol. The van der Waals surface area contributed by atoms with E-state index in [1.807, 2.05) is 0 Å². The van der Waals surface area contributed by atoms with E-state index in [0.29, 0.717) is 12.5 Å². The molecule has 0 bridgehead atoms. The number of nitrogens with one attached hydrogen (secondary N) is 1. The number of hydrogen-bond acceptors (Lipinski definition) is 3. The second-order valence-electron chi connectivity index (χ2n) is 4.33. The molecule has 1 aliphatic rings. The summed E-state index contributed by atoms with van der Waals surface area (Å²) in [6, 6.07) is 0. The minimum Gasteiger partial charge on any atom is -0.355 e. The van der Waals surface area contributed by atoms with Crippen molar-refractivity contribution in [3.63, 3.8) is 0 Å². The molecule has 0 aromatic rings. The van der Waals surface area contributed by atoms with Crippen molar-refractivity contribution in [3.05, 3.63) is 0 Å². The average Bonchev–Trinajstić information content (AvgIpc) is 2.26. The Kier molecular flexibility index (Phi) is 5.65. The van der Waals surface area contributed by atoms with Crippen LogP contribution in [0.4, 0.5) is 0 Å². The Balaban J connectivity index is 2.22. The smallest absolute Gasteiger partial charge is 0.234 e. The van der Waals surface area contributed by atoms with Gasteiger partial charge in [0.1, 0.15) is 0 Å². The van der Waals surface area contributed by atoms with E-state index in [0.717, 1.165) is 32.6 Å². The van der Waals surface area contributed by atoms with Crippen LogP contribution < -0.4 is 11.1 Å². The zero-order valence-electron chi connectivity index (χ0n) is 9.67. The Morgan fingerprint density at radius 3 is 3.07 bits per heavy atom. The summed E-state index contributed by atoms with van der Waals surface area (Å²) in [4.78, 5) is 13.7. The molecule has 1 heterocycles. The third-order valence-electron chi connectivity index (χ3n) is 2.88. The zero-order chi connectivity index (χ0) is 11.1. The molecule has 1 saturated heterocycles. The molecule has 0 spiro atoms. The first-order valence-electron chi connectivity index (χ1n) is 5.95. The third-order valence-corrected chi connectivity index (χ3v) is 2.88. The van der Waals surface area contributed by atoms with Gasteiger partial charge in [0.15, 0.2) is 0 Å². The minimum absolute atomic E-state index is 0.148. The lowest BCUT2D eigenvalue weighted by Gasteiger charge is -2.31. The molecule has 4 heteroatoms. The van der Waals surface area contributed by atoms with E-state index < -0.39 is 0 Å². The number of hydrogen-bond donors (Lipinski definition) is 2. The van der Waals surface area contributed by atoms with Crippen molar-refractivity contribution in [2.75, 3.05) is 32.7 Å². The summed E-state index contributed by atoms with van der Waals surface area (Å²) in [6.07, 6.45) is 3.38. The molecule has 1 rings (SSSR count). The number of piperidine rings is 1. The predicted octanol–water partition coefficient (Wildman–Crippen LogP) is 0.183. The topological polar surface area (TPSA) is 58.4 Å². The van der Waals surface area contributed by atoms with Crippen LogP contribution in [0.5, 0.6) is 0 Å². The molecule has 3 N–H and O–H groups in total. The van der Waals surface area contributed by atoms with Gasteiger partial charge >= 0.3 is 0 Å². The van der Waals surface area contributed by atoms with Crippen molar-refractivity contribution < 1.29 is 4.79 Å². The zero-order valence-corrected chi connectivity index (χ0v) is 9.67. The maximum atomic E-state index is 11.5. The summed E-state index contributed by atoms with van der Waals surface area (Å²) in [5, 5.41) is 2.90. The lowest BCUT2D eigenvalue weighted by atomic mass is 9.98. The number of rotatable bonds is 5. The normalized spacial score (nSPS) is 22.7. The van der Waals surface area contributed by atoms with Crippen molar-refractivity contribution >= 4 is 5.91 Å². The molecular formula is C11H23N3O. The molecule has 1 fully saturated rings. The second-order valence-corrected chi connectivity index (χ2v) is 4.33. The van der Waals surface area contributed by atoms with Crippen LogP contribution in [0.15, 0.2) is 0 Å². The molecule has 0 radical (unpaired) electrons. The summed E-state index contributed by atoms with van der Waals surface area (Å²) < 4.78 is 0. The highest BCUT2D eigenvalue weighted by Gasteiger charge is 2.20. The lowest BCUT2D eigenvalue weighted by Crippen LogP contribution is -2.44. The van der Waals surface area contributed by atoms with Crippen molar-refractivity contribution in [2.45, 2.75) is 26.2 Å². The van der Waals surface area contributed by atoms with Gasteiger partial charge in [0.25, 0.3) is 0 Å². The third kappa shape index (κ3) is 4.62. The summed E-state index contributed by atoms with van der Waals surface area (Å²) in [6.45, 7) is 6.15. The number of nitrogens with two attached hydrogens (primary N) is 1. The van der Waals surface area contributed by atoms with Gasteiger partial charge in [-0.25, -0.2) is 0 Å². The van der Waals surface area contributed by atoms with Crippen LogP contribution in [0.3, 0.4) is 0 Å². The summed E-state index contributed by atoms with van der Waals surface area (Å²) in [5.41, 5.74) is 5.65. The van der Waals surface area contributed by atoms with Gasteiger partial charge in [-0.2, -0.15) is 0 Å². The Bertz CT molecular complexity index is 196. The number of likely N-dealkylation sites (tertiary alicyclic amines) is 1. The van der Waals surface area contributed by atoms with Crippen LogP contribution in [0.2, 0.25) is 0 Å². The Labute approximate surface area is 92.2 Å². The maximum absolute atomic E-state index is 11.5.